The van der Waals surface area contributed by atoms with Crippen LogP contribution in [0.2, 0.25) is 0 Å². The van der Waals surface area contributed by atoms with Gasteiger partial charge >= 0.3 is 0 Å². The number of hydrogen-bond acceptors (Lipinski definition) is 6. The van der Waals surface area contributed by atoms with Gasteiger partial charge in [0, 0.05) is 31.7 Å². The normalized spacial score (nSPS) is 20.5. The molecule has 0 radical (unpaired) electrons. The van der Waals surface area contributed by atoms with Crippen molar-refractivity contribution in [3.05, 3.63) is 71.3 Å². The fourth-order valence-corrected chi connectivity index (χ4v) is 4.51. The Hall–Kier alpha value is -3.16. The minimum Gasteiger partial charge on any atom is -0.507 e. The molecule has 7 nitrogen and oxygen atoms in total. The maximum atomic E-state index is 13.2. The maximum absolute atomic E-state index is 13.2. The predicted octanol–water partition coefficient (Wildman–Crippen LogP) is 3.87. The van der Waals surface area contributed by atoms with Crippen LogP contribution in [0.5, 0.6) is 5.75 Å². The van der Waals surface area contributed by atoms with Gasteiger partial charge in [-0.25, -0.2) is 0 Å². The van der Waals surface area contributed by atoms with Gasteiger partial charge in [-0.2, -0.15) is 0 Å². The Bertz CT molecular complexity index is 1040. The molecular weight excluding hydrogens is 444 g/mol. The zero-order chi connectivity index (χ0) is 24.8. The topological polar surface area (TPSA) is 79.3 Å². The van der Waals surface area contributed by atoms with E-state index in [-0.39, 0.29) is 11.3 Å². The summed E-state index contributed by atoms with van der Waals surface area (Å²) in [6.07, 6.45) is 0.734. The van der Waals surface area contributed by atoms with Crippen LogP contribution >= 0.6 is 0 Å². The number of likely N-dealkylation sites (tertiary alicyclic amines) is 1. The number of carbonyl (C=O) groups is 2. The van der Waals surface area contributed by atoms with Crippen LogP contribution in [0.15, 0.2) is 60.2 Å². The summed E-state index contributed by atoms with van der Waals surface area (Å²) in [6.45, 7) is 9.18. The molecule has 4 rings (SSSR count). The molecule has 0 unspecified atom stereocenters. The minimum atomic E-state index is -0.650. The first-order chi connectivity index (χ1) is 17.0. The summed E-state index contributed by atoms with van der Waals surface area (Å²) < 4.78 is 11.1. The van der Waals surface area contributed by atoms with Gasteiger partial charge in [-0.05, 0) is 42.2 Å². The molecule has 0 bridgehead atoms. The van der Waals surface area contributed by atoms with Gasteiger partial charge in [0.05, 0.1) is 31.4 Å². The molecule has 2 aliphatic rings. The van der Waals surface area contributed by atoms with Gasteiger partial charge in [-0.3, -0.25) is 14.5 Å². The van der Waals surface area contributed by atoms with Crippen LogP contribution < -0.4 is 4.74 Å². The number of Topliss-reactive ketones (excluding diaryl/α,β-unsaturated/α-hetero) is 1. The largest absolute Gasteiger partial charge is 0.507 e. The summed E-state index contributed by atoms with van der Waals surface area (Å²) in [5, 5.41) is 11.2. The molecule has 2 aromatic rings. The molecule has 0 spiro atoms. The third-order valence-corrected chi connectivity index (χ3v) is 6.34. The first-order valence-electron chi connectivity index (χ1n) is 12.3. The molecule has 0 aromatic heterocycles. The lowest BCUT2D eigenvalue weighted by Crippen LogP contribution is -2.38. The minimum absolute atomic E-state index is 0.128. The van der Waals surface area contributed by atoms with Crippen molar-refractivity contribution in [3.63, 3.8) is 0 Å². The fraction of sp³-hybridized carbons (Fsp3) is 0.429. The molecular formula is C28H34N2O5. The van der Waals surface area contributed by atoms with Crippen LogP contribution in [-0.4, -0.2) is 72.6 Å². The number of aliphatic hydroxyl groups excluding tert-OH is 1. The summed E-state index contributed by atoms with van der Waals surface area (Å²) >= 11 is 0. The Labute approximate surface area is 206 Å². The van der Waals surface area contributed by atoms with E-state index >= 15 is 0 Å². The van der Waals surface area contributed by atoms with E-state index in [1.807, 2.05) is 30.3 Å². The van der Waals surface area contributed by atoms with E-state index in [9.17, 15) is 14.7 Å². The van der Waals surface area contributed by atoms with Gasteiger partial charge in [0.15, 0.2) is 0 Å². The van der Waals surface area contributed by atoms with E-state index < -0.39 is 17.7 Å². The number of nitrogens with zero attached hydrogens (tertiary/aromatic N) is 2. The van der Waals surface area contributed by atoms with Gasteiger partial charge in [-0.15, -0.1) is 0 Å². The first kappa shape index (κ1) is 24.9. The molecule has 0 saturated carbocycles. The summed E-state index contributed by atoms with van der Waals surface area (Å²) in [5.74, 6) is -0.294. The highest BCUT2D eigenvalue weighted by Gasteiger charge is 2.45. The number of ketones is 1. The summed E-state index contributed by atoms with van der Waals surface area (Å²) in [7, 11) is 0. The number of hydrogen-bond donors (Lipinski definition) is 1. The Kier molecular flexibility index (Phi) is 8.21. The summed E-state index contributed by atoms with van der Waals surface area (Å²) in [4.78, 5) is 30.2. The van der Waals surface area contributed by atoms with Gasteiger partial charge in [-0.1, -0.05) is 44.2 Å². The molecule has 1 amide bonds. The Morgan fingerprint density at radius 3 is 2.37 bits per heavy atom. The molecule has 0 aliphatic carbocycles. The van der Waals surface area contributed by atoms with Crippen molar-refractivity contribution < 1.29 is 24.2 Å². The van der Waals surface area contributed by atoms with E-state index in [0.717, 1.165) is 44.8 Å². The van der Waals surface area contributed by atoms with E-state index in [1.54, 1.807) is 29.2 Å². The Balaban J connectivity index is 1.59. The van der Waals surface area contributed by atoms with Gasteiger partial charge in [0.25, 0.3) is 11.7 Å². The molecule has 35 heavy (non-hydrogen) atoms. The van der Waals surface area contributed by atoms with Crippen LogP contribution in [-0.2, 0) is 14.3 Å². The third-order valence-electron chi connectivity index (χ3n) is 6.34. The molecule has 2 fully saturated rings. The van der Waals surface area contributed by atoms with Crippen LogP contribution in [0.25, 0.3) is 5.76 Å². The molecule has 2 aromatic carbocycles. The fourth-order valence-electron chi connectivity index (χ4n) is 4.51. The number of amides is 1. The van der Waals surface area contributed by atoms with Crippen molar-refractivity contribution in [2.24, 2.45) is 5.92 Å². The number of carbonyl (C=O) groups excluding carboxylic acids is 2. The number of rotatable bonds is 9. The third kappa shape index (κ3) is 5.92. The van der Waals surface area contributed by atoms with Crippen molar-refractivity contribution in [1.29, 1.82) is 0 Å². The first-order valence-corrected chi connectivity index (χ1v) is 12.3. The summed E-state index contributed by atoms with van der Waals surface area (Å²) in [5.41, 5.74) is 1.41. The monoisotopic (exact) mass is 478 g/mol. The SMILES string of the molecule is CC(C)COc1ccc(C(O)=C2C(=O)C(=O)N(CCCN3CCOCC3)[C@H]2c2ccccc2)cc1. The van der Waals surface area contributed by atoms with E-state index in [1.165, 1.54) is 0 Å². The van der Waals surface area contributed by atoms with Gasteiger partial charge in [0.2, 0.25) is 0 Å². The lowest BCUT2D eigenvalue weighted by Gasteiger charge is -2.29. The standard InChI is InChI=1S/C28H34N2O5/c1-20(2)19-35-23-11-9-22(10-12-23)26(31)24-25(21-7-4-3-5-8-21)30(28(33)27(24)32)14-6-13-29-15-17-34-18-16-29/h3-5,7-12,20,25,31H,6,13-19H2,1-2H3/t25-/m0/s1. The van der Waals surface area contributed by atoms with Gasteiger partial charge < -0.3 is 19.5 Å². The van der Waals surface area contributed by atoms with Gasteiger partial charge in [0.1, 0.15) is 11.5 Å². The quantitative estimate of drug-likeness (QED) is 0.335. The smallest absolute Gasteiger partial charge is 0.295 e. The predicted molar refractivity (Wildman–Crippen MR) is 134 cm³/mol. The molecule has 1 N–H and O–H groups in total. The van der Waals surface area contributed by atoms with Crippen molar-refractivity contribution in [1.82, 2.24) is 9.80 Å². The highest BCUT2D eigenvalue weighted by Crippen LogP contribution is 2.39. The number of ether oxygens (including phenoxy) is 2. The molecule has 2 heterocycles. The Morgan fingerprint density at radius 1 is 1.03 bits per heavy atom. The van der Waals surface area contributed by atoms with Crippen LogP contribution in [0.3, 0.4) is 0 Å². The van der Waals surface area contributed by atoms with Crippen molar-refractivity contribution in [2.45, 2.75) is 26.3 Å². The second-order valence-electron chi connectivity index (χ2n) is 9.44. The number of benzene rings is 2. The lowest BCUT2D eigenvalue weighted by molar-refractivity contribution is -0.140. The summed E-state index contributed by atoms with van der Waals surface area (Å²) in [6, 6.07) is 15.8. The van der Waals surface area contributed by atoms with E-state index in [2.05, 4.69) is 18.7 Å². The van der Waals surface area contributed by atoms with Crippen molar-refractivity contribution in [3.8, 4) is 5.75 Å². The van der Waals surface area contributed by atoms with Crippen molar-refractivity contribution >= 4 is 17.4 Å². The van der Waals surface area contributed by atoms with E-state index in [4.69, 9.17) is 9.47 Å². The second-order valence-corrected chi connectivity index (χ2v) is 9.44. The molecule has 1 atom stereocenters. The van der Waals surface area contributed by atoms with E-state index in [0.29, 0.717) is 30.4 Å². The van der Waals surface area contributed by atoms with Crippen LogP contribution in [0.1, 0.15) is 37.4 Å². The molecule has 186 valence electrons. The Morgan fingerprint density at radius 2 is 1.71 bits per heavy atom. The van der Waals surface area contributed by atoms with Crippen LogP contribution in [0, 0.1) is 5.92 Å². The number of aliphatic hydroxyl groups is 1. The average molecular weight is 479 g/mol. The molecule has 7 heteroatoms. The second kappa shape index (κ2) is 11.5. The maximum Gasteiger partial charge on any atom is 0.295 e. The zero-order valence-electron chi connectivity index (χ0n) is 20.5. The highest BCUT2D eigenvalue weighted by atomic mass is 16.5. The van der Waals surface area contributed by atoms with Crippen molar-refractivity contribution in [2.75, 3.05) is 46.0 Å². The molecule has 2 aliphatic heterocycles. The zero-order valence-corrected chi connectivity index (χ0v) is 20.5. The number of morpholine rings is 1. The van der Waals surface area contributed by atoms with Crippen LogP contribution in [0.4, 0.5) is 0 Å². The lowest BCUT2D eigenvalue weighted by atomic mass is 9.95. The highest BCUT2D eigenvalue weighted by molar-refractivity contribution is 6.46. The molecule has 2 saturated heterocycles. The average Bonchev–Trinajstić information content (AvgIpc) is 3.13.